The highest BCUT2D eigenvalue weighted by molar-refractivity contribution is 6.01. The number of hydrogen-bond donors (Lipinski definition) is 0. The van der Waals surface area contributed by atoms with Crippen LogP contribution in [-0.2, 0) is 9.63 Å². The van der Waals surface area contributed by atoms with E-state index in [1.165, 1.54) is 0 Å². The molecule has 3 aliphatic heterocycles. The van der Waals surface area contributed by atoms with Crippen molar-refractivity contribution in [2.24, 2.45) is 5.16 Å². The standard InChI is InChI=1S/C27H24N2O3/c30-26(25-20-10-4-6-12-23(20)31-24-13-7-5-11-21(24)25)29-16-14-27(15-17-29)18-22(28-32-27)19-8-2-1-3-9-19/h1-13,25H,14-18H2. The number of piperidine rings is 1. The summed E-state index contributed by atoms with van der Waals surface area (Å²) in [6.07, 6.45) is 2.36. The number of para-hydroxylation sites is 2. The lowest BCUT2D eigenvalue weighted by molar-refractivity contribution is -0.137. The molecule has 1 spiro atoms. The van der Waals surface area contributed by atoms with Crippen LogP contribution in [0.5, 0.6) is 11.5 Å². The van der Waals surface area contributed by atoms with Crippen molar-refractivity contribution in [3.8, 4) is 11.5 Å². The van der Waals surface area contributed by atoms with E-state index in [2.05, 4.69) is 17.3 Å². The number of amides is 1. The maximum Gasteiger partial charge on any atom is 0.234 e. The molecular formula is C27H24N2O3. The molecule has 160 valence electrons. The van der Waals surface area contributed by atoms with Crippen molar-refractivity contribution in [3.63, 3.8) is 0 Å². The molecule has 0 bridgehead atoms. The van der Waals surface area contributed by atoms with E-state index in [0.29, 0.717) is 13.1 Å². The van der Waals surface area contributed by atoms with Crippen molar-refractivity contribution < 1.29 is 14.4 Å². The smallest absolute Gasteiger partial charge is 0.234 e. The molecule has 1 saturated heterocycles. The third-order valence-corrected chi connectivity index (χ3v) is 6.86. The summed E-state index contributed by atoms with van der Waals surface area (Å²) in [5, 5.41) is 4.40. The second-order valence-electron chi connectivity index (χ2n) is 8.79. The van der Waals surface area contributed by atoms with Gasteiger partial charge in [0, 0.05) is 43.5 Å². The van der Waals surface area contributed by atoms with Gasteiger partial charge in [-0.05, 0) is 17.7 Å². The van der Waals surface area contributed by atoms with Crippen LogP contribution in [0.1, 0.15) is 41.9 Å². The molecular weight excluding hydrogens is 400 g/mol. The minimum atomic E-state index is -0.342. The van der Waals surface area contributed by atoms with Crippen LogP contribution in [0.25, 0.3) is 0 Å². The third kappa shape index (κ3) is 3.16. The number of ether oxygens (including phenoxy) is 1. The summed E-state index contributed by atoms with van der Waals surface area (Å²) in [4.78, 5) is 21.7. The fraction of sp³-hybridized carbons (Fsp3) is 0.259. The van der Waals surface area contributed by atoms with Crippen LogP contribution in [0, 0.1) is 0 Å². The number of rotatable bonds is 2. The number of carbonyl (C=O) groups excluding carboxylic acids is 1. The van der Waals surface area contributed by atoms with Crippen molar-refractivity contribution in [2.45, 2.75) is 30.8 Å². The molecule has 0 N–H and O–H groups in total. The SMILES string of the molecule is O=C(C1c2ccccc2Oc2ccccc21)N1CCC2(CC1)CC(c1ccccc1)=NO2. The van der Waals surface area contributed by atoms with Crippen LogP contribution in [0.2, 0.25) is 0 Å². The van der Waals surface area contributed by atoms with Gasteiger partial charge in [-0.2, -0.15) is 0 Å². The average Bonchev–Trinajstić information content (AvgIpc) is 3.26. The first-order valence-electron chi connectivity index (χ1n) is 11.2. The van der Waals surface area contributed by atoms with E-state index in [1.54, 1.807) is 0 Å². The Morgan fingerprint density at radius 1 is 0.844 bits per heavy atom. The number of carbonyl (C=O) groups is 1. The fourth-order valence-electron chi connectivity index (χ4n) is 5.07. The van der Waals surface area contributed by atoms with Crippen molar-refractivity contribution in [3.05, 3.63) is 95.6 Å². The first kappa shape index (κ1) is 19.1. The summed E-state index contributed by atoms with van der Waals surface area (Å²) in [7, 11) is 0. The van der Waals surface area contributed by atoms with Crippen molar-refractivity contribution in [1.29, 1.82) is 0 Å². The normalized spacial score (nSPS) is 18.9. The number of oxime groups is 1. The molecule has 5 heteroatoms. The minimum Gasteiger partial charge on any atom is -0.457 e. The molecule has 0 atom stereocenters. The molecule has 0 saturated carbocycles. The zero-order chi connectivity index (χ0) is 21.5. The van der Waals surface area contributed by atoms with Gasteiger partial charge >= 0.3 is 0 Å². The Morgan fingerprint density at radius 2 is 1.44 bits per heavy atom. The lowest BCUT2D eigenvalue weighted by Crippen LogP contribution is -2.48. The third-order valence-electron chi connectivity index (χ3n) is 6.86. The van der Waals surface area contributed by atoms with E-state index in [0.717, 1.165) is 53.2 Å². The summed E-state index contributed by atoms with van der Waals surface area (Å²) in [6.45, 7) is 1.33. The Bertz CT molecular complexity index is 1150. The van der Waals surface area contributed by atoms with Crippen molar-refractivity contribution in [2.75, 3.05) is 13.1 Å². The van der Waals surface area contributed by atoms with E-state index in [4.69, 9.17) is 9.57 Å². The molecule has 0 aromatic heterocycles. The Kier molecular flexibility index (Phi) is 4.49. The molecule has 0 aliphatic carbocycles. The van der Waals surface area contributed by atoms with Crippen LogP contribution in [0.15, 0.2) is 84.0 Å². The van der Waals surface area contributed by atoms with Crippen molar-refractivity contribution in [1.82, 2.24) is 4.90 Å². The van der Waals surface area contributed by atoms with Crippen LogP contribution in [0.4, 0.5) is 0 Å². The van der Waals surface area contributed by atoms with Gasteiger partial charge in [0.05, 0.1) is 11.6 Å². The largest absolute Gasteiger partial charge is 0.457 e. The fourth-order valence-corrected chi connectivity index (χ4v) is 5.07. The summed E-state index contributed by atoms with van der Waals surface area (Å²) in [5.74, 6) is 1.31. The molecule has 3 aliphatic rings. The van der Waals surface area contributed by atoms with Gasteiger partial charge in [0.25, 0.3) is 0 Å². The molecule has 0 radical (unpaired) electrons. The molecule has 1 fully saturated rings. The summed E-state index contributed by atoms with van der Waals surface area (Å²) < 4.78 is 6.07. The first-order chi connectivity index (χ1) is 15.7. The van der Waals surface area contributed by atoms with Crippen molar-refractivity contribution >= 4 is 11.6 Å². The lowest BCUT2D eigenvalue weighted by Gasteiger charge is -2.39. The lowest BCUT2D eigenvalue weighted by atomic mass is 9.83. The predicted octanol–water partition coefficient (Wildman–Crippen LogP) is 5.11. The zero-order valence-corrected chi connectivity index (χ0v) is 17.7. The molecule has 3 aromatic carbocycles. The van der Waals surface area contributed by atoms with E-state index in [9.17, 15) is 4.79 Å². The average molecular weight is 425 g/mol. The number of fused-ring (bicyclic) bond motifs is 2. The number of hydrogen-bond acceptors (Lipinski definition) is 4. The monoisotopic (exact) mass is 424 g/mol. The summed E-state index contributed by atoms with van der Waals surface area (Å²) in [5.41, 5.74) is 3.68. The molecule has 0 unspecified atom stereocenters. The van der Waals surface area contributed by atoms with E-state index >= 15 is 0 Å². The van der Waals surface area contributed by atoms with Crippen LogP contribution >= 0.6 is 0 Å². The van der Waals surface area contributed by atoms with Gasteiger partial charge in [-0.15, -0.1) is 0 Å². The second kappa shape index (κ2) is 7.52. The molecule has 6 rings (SSSR count). The van der Waals surface area contributed by atoms with Gasteiger partial charge in [-0.25, -0.2) is 0 Å². The Balaban J connectivity index is 1.21. The van der Waals surface area contributed by atoms with Gasteiger partial charge in [0.1, 0.15) is 17.1 Å². The highest BCUT2D eigenvalue weighted by Crippen LogP contribution is 2.45. The first-order valence-corrected chi connectivity index (χ1v) is 11.2. The molecule has 3 aromatic rings. The van der Waals surface area contributed by atoms with Crippen LogP contribution < -0.4 is 4.74 Å². The van der Waals surface area contributed by atoms with Gasteiger partial charge < -0.3 is 14.5 Å². The quantitative estimate of drug-likeness (QED) is 0.574. The second-order valence-corrected chi connectivity index (χ2v) is 8.79. The zero-order valence-electron chi connectivity index (χ0n) is 17.7. The van der Waals surface area contributed by atoms with E-state index < -0.39 is 0 Å². The maximum absolute atomic E-state index is 13.8. The molecule has 32 heavy (non-hydrogen) atoms. The summed E-state index contributed by atoms with van der Waals surface area (Å²) >= 11 is 0. The predicted molar refractivity (Wildman–Crippen MR) is 122 cm³/mol. The topological polar surface area (TPSA) is 51.1 Å². The number of likely N-dealkylation sites (tertiary alicyclic amines) is 1. The maximum atomic E-state index is 13.8. The van der Waals surface area contributed by atoms with Crippen LogP contribution in [-0.4, -0.2) is 35.2 Å². The number of benzene rings is 3. The minimum absolute atomic E-state index is 0.130. The van der Waals surface area contributed by atoms with Gasteiger partial charge in [0.2, 0.25) is 5.91 Å². The van der Waals surface area contributed by atoms with Gasteiger partial charge in [-0.1, -0.05) is 71.9 Å². The van der Waals surface area contributed by atoms with Gasteiger partial charge in [0.15, 0.2) is 0 Å². The molecule has 3 heterocycles. The molecule has 5 nitrogen and oxygen atoms in total. The van der Waals surface area contributed by atoms with E-state index in [1.807, 2.05) is 71.6 Å². The number of nitrogens with zero attached hydrogens (tertiary/aromatic N) is 2. The van der Waals surface area contributed by atoms with Crippen LogP contribution in [0.3, 0.4) is 0 Å². The Morgan fingerprint density at radius 3 is 2.09 bits per heavy atom. The Hall–Kier alpha value is -3.60. The Labute approximate surface area is 187 Å². The summed E-state index contributed by atoms with van der Waals surface area (Å²) in [6, 6.07) is 25.9. The van der Waals surface area contributed by atoms with E-state index in [-0.39, 0.29) is 17.4 Å². The van der Waals surface area contributed by atoms with Gasteiger partial charge in [-0.3, -0.25) is 4.79 Å². The molecule has 1 amide bonds. The highest BCUT2D eigenvalue weighted by atomic mass is 16.7. The highest BCUT2D eigenvalue weighted by Gasteiger charge is 2.45.